The lowest BCUT2D eigenvalue weighted by molar-refractivity contribution is -0.0502. The second-order valence-corrected chi connectivity index (χ2v) is 5.92. The molecule has 0 unspecified atom stereocenters. The standard InChI is InChI=1S/C15H17F2N3O2S/c1-9-8-23-13(18-9)7-20(3)15(21)19-11-5-4-6-12(10(11)2)22-14(16)17/h4-6,8,14H,7H2,1-3H3,(H,19,21). The zero-order valence-corrected chi connectivity index (χ0v) is 13.8. The topological polar surface area (TPSA) is 54.5 Å². The molecule has 124 valence electrons. The number of amides is 2. The van der Waals surface area contributed by atoms with Gasteiger partial charge in [-0.25, -0.2) is 9.78 Å². The maximum Gasteiger partial charge on any atom is 0.387 e. The summed E-state index contributed by atoms with van der Waals surface area (Å²) in [5, 5.41) is 5.43. The van der Waals surface area contributed by atoms with Crippen LogP contribution in [-0.4, -0.2) is 29.6 Å². The van der Waals surface area contributed by atoms with Crippen molar-refractivity contribution < 1.29 is 18.3 Å². The zero-order chi connectivity index (χ0) is 17.0. The van der Waals surface area contributed by atoms with Crippen molar-refractivity contribution in [2.75, 3.05) is 12.4 Å². The fraction of sp³-hybridized carbons (Fsp3) is 0.333. The monoisotopic (exact) mass is 341 g/mol. The number of hydrogen-bond acceptors (Lipinski definition) is 4. The molecule has 0 aliphatic heterocycles. The molecule has 0 saturated carbocycles. The summed E-state index contributed by atoms with van der Waals surface area (Å²) < 4.78 is 29.1. The predicted octanol–water partition coefficient (Wildman–Crippen LogP) is 4.03. The Hall–Kier alpha value is -2.22. The molecule has 5 nitrogen and oxygen atoms in total. The van der Waals surface area contributed by atoms with E-state index < -0.39 is 6.61 Å². The number of benzene rings is 1. The SMILES string of the molecule is Cc1csc(CN(C)C(=O)Nc2cccc(OC(F)F)c2C)n1. The van der Waals surface area contributed by atoms with Crippen molar-refractivity contribution in [3.05, 3.63) is 39.8 Å². The highest BCUT2D eigenvalue weighted by molar-refractivity contribution is 7.09. The molecular formula is C15H17F2N3O2S. The summed E-state index contributed by atoms with van der Waals surface area (Å²) in [6.45, 7) is 0.960. The third-order valence-electron chi connectivity index (χ3n) is 3.13. The van der Waals surface area contributed by atoms with Gasteiger partial charge < -0.3 is 15.0 Å². The van der Waals surface area contributed by atoms with Crippen LogP contribution < -0.4 is 10.1 Å². The average molecular weight is 341 g/mol. The maximum absolute atomic E-state index is 12.3. The van der Waals surface area contributed by atoms with Gasteiger partial charge in [-0.15, -0.1) is 11.3 Å². The zero-order valence-electron chi connectivity index (χ0n) is 13.0. The molecule has 23 heavy (non-hydrogen) atoms. The molecule has 2 amide bonds. The number of alkyl halides is 2. The van der Waals surface area contributed by atoms with Crippen LogP contribution in [0.2, 0.25) is 0 Å². The van der Waals surface area contributed by atoms with Crippen LogP contribution in [0.3, 0.4) is 0 Å². The first-order valence-electron chi connectivity index (χ1n) is 6.84. The molecular weight excluding hydrogens is 324 g/mol. The Bertz CT molecular complexity index is 691. The second-order valence-electron chi connectivity index (χ2n) is 4.98. The number of nitrogens with one attached hydrogen (secondary N) is 1. The molecule has 0 aliphatic rings. The van der Waals surface area contributed by atoms with Crippen LogP contribution in [0.15, 0.2) is 23.6 Å². The van der Waals surface area contributed by atoms with Gasteiger partial charge in [-0.05, 0) is 26.0 Å². The molecule has 8 heteroatoms. The van der Waals surface area contributed by atoms with Gasteiger partial charge in [0.1, 0.15) is 10.8 Å². The summed E-state index contributed by atoms with van der Waals surface area (Å²) in [7, 11) is 1.64. The van der Waals surface area contributed by atoms with Gasteiger partial charge in [0, 0.05) is 29.4 Å². The third kappa shape index (κ3) is 4.62. The number of carbonyl (C=O) groups is 1. The number of aryl methyl sites for hydroxylation is 1. The number of nitrogens with zero attached hydrogens (tertiary/aromatic N) is 2. The van der Waals surface area contributed by atoms with Crippen LogP contribution in [0.4, 0.5) is 19.3 Å². The minimum atomic E-state index is -2.91. The molecule has 0 fully saturated rings. The van der Waals surface area contributed by atoms with Gasteiger partial charge in [-0.1, -0.05) is 6.07 Å². The van der Waals surface area contributed by atoms with Crippen LogP contribution in [-0.2, 0) is 6.54 Å². The molecule has 0 radical (unpaired) electrons. The number of carbonyl (C=O) groups excluding carboxylic acids is 1. The Balaban J connectivity index is 2.04. The number of thiazole rings is 1. The molecule has 0 spiro atoms. The summed E-state index contributed by atoms with van der Waals surface area (Å²) in [5.74, 6) is 0.0380. The van der Waals surface area contributed by atoms with Crippen molar-refractivity contribution in [3.63, 3.8) is 0 Å². The number of halogens is 2. The van der Waals surface area contributed by atoms with E-state index in [2.05, 4.69) is 15.0 Å². The van der Waals surface area contributed by atoms with E-state index in [0.29, 0.717) is 17.8 Å². The first-order chi connectivity index (χ1) is 10.9. The number of ether oxygens (including phenoxy) is 1. The number of anilines is 1. The Kier molecular flexibility index (Phi) is 5.49. The normalized spacial score (nSPS) is 10.7. The minimum Gasteiger partial charge on any atom is -0.434 e. The summed E-state index contributed by atoms with van der Waals surface area (Å²) in [6.07, 6.45) is 0. The van der Waals surface area contributed by atoms with E-state index in [0.717, 1.165) is 10.7 Å². The highest BCUT2D eigenvalue weighted by Crippen LogP contribution is 2.27. The Morgan fingerprint density at radius 2 is 2.17 bits per heavy atom. The summed E-state index contributed by atoms with van der Waals surface area (Å²) in [5.41, 5.74) is 1.78. The fourth-order valence-corrected chi connectivity index (χ4v) is 2.76. The lowest BCUT2D eigenvalue weighted by Crippen LogP contribution is -2.31. The van der Waals surface area contributed by atoms with Crippen molar-refractivity contribution in [1.82, 2.24) is 9.88 Å². The van der Waals surface area contributed by atoms with Gasteiger partial charge in [0.15, 0.2) is 0 Å². The molecule has 0 aliphatic carbocycles. The van der Waals surface area contributed by atoms with Crippen LogP contribution in [0.25, 0.3) is 0 Å². The van der Waals surface area contributed by atoms with Gasteiger partial charge in [-0.2, -0.15) is 8.78 Å². The van der Waals surface area contributed by atoms with E-state index in [1.165, 1.54) is 22.3 Å². The van der Waals surface area contributed by atoms with E-state index in [1.54, 1.807) is 26.1 Å². The number of hydrogen-bond donors (Lipinski definition) is 1. The van der Waals surface area contributed by atoms with Gasteiger partial charge in [0.2, 0.25) is 0 Å². The molecule has 1 heterocycles. The van der Waals surface area contributed by atoms with Gasteiger partial charge in [0.25, 0.3) is 0 Å². The lowest BCUT2D eigenvalue weighted by atomic mass is 10.2. The van der Waals surface area contributed by atoms with Gasteiger partial charge in [0.05, 0.1) is 6.54 Å². The summed E-state index contributed by atoms with van der Waals surface area (Å²) in [6, 6.07) is 4.26. The van der Waals surface area contributed by atoms with Crippen LogP contribution in [0, 0.1) is 13.8 Å². The smallest absolute Gasteiger partial charge is 0.387 e. The van der Waals surface area contributed by atoms with Gasteiger partial charge >= 0.3 is 12.6 Å². The highest BCUT2D eigenvalue weighted by atomic mass is 32.1. The summed E-state index contributed by atoms with van der Waals surface area (Å²) in [4.78, 5) is 18.0. The third-order valence-corrected chi connectivity index (χ3v) is 4.08. The fourth-order valence-electron chi connectivity index (χ4n) is 1.93. The maximum atomic E-state index is 12.3. The molecule has 0 atom stereocenters. The highest BCUT2D eigenvalue weighted by Gasteiger charge is 2.15. The van der Waals surface area contributed by atoms with Crippen LogP contribution >= 0.6 is 11.3 Å². The van der Waals surface area contributed by atoms with Gasteiger partial charge in [-0.3, -0.25) is 0 Å². The Morgan fingerprint density at radius 3 is 2.78 bits per heavy atom. The first kappa shape index (κ1) is 17.1. The average Bonchev–Trinajstić information content (AvgIpc) is 2.88. The van der Waals surface area contributed by atoms with E-state index in [4.69, 9.17) is 0 Å². The number of urea groups is 1. The lowest BCUT2D eigenvalue weighted by Gasteiger charge is -2.18. The van der Waals surface area contributed by atoms with Crippen LogP contribution in [0.5, 0.6) is 5.75 Å². The second kappa shape index (κ2) is 7.36. The van der Waals surface area contributed by atoms with Crippen molar-refractivity contribution in [3.8, 4) is 5.75 Å². The van der Waals surface area contributed by atoms with Crippen LogP contribution in [0.1, 0.15) is 16.3 Å². The van der Waals surface area contributed by atoms with E-state index in [9.17, 15) is 13.6 Å². The quantitative estimate of drug-likeness (QED) is 0.893. The summed E-state index contributed by atoms with van der Waals surface area (Å²) >= 11 is 1.48. The van der Waals surface area contributed by atoms with E-state index >= 15 is 0 Å². The predicted molar refractivity (Wildman–Crippen MR) is 85.1 cm³/mol. The van der Waals surface area contributed by atoms with Crippen molar-refractivity contribution >= 4 is 23.1 Å². The Labute approximate surface area is 136 Å². The molecule has 0 bridgehead atoms. The van der Waals surface area contributed by atoms with E-state index in [1.807, 2.05) is 12.3 Å². The molecule has 2 rings (SSSR count). The molecule has 1 N–H and O–H groups in total. The molecule has 1 aromatic carbocycles. The van der Waals surface area contributed by atoms with E-state index in [-0.39, 0.29) is 11.8 Å². The van der Waals surface area contributed by atoms with Crippen molar-refractivity contribution in [2.45, 2.75) is 27.0 Å². The van der Waals surface area contributed by atoms with Crippen molar-refractivity contribution in [1.29, 1.82) is 0 Å². The van der Waals surface area contributed by atoms with Crippen molar-refractivity contribution in [2.24, 2.45) is 0 Å². The molecule has 2 aromatic rings. The number of aromatic nitrogens is 1. The largest absolute Gasteiger partial charge is 0.434 e. The molecule has 0 saturated heterocycles. The minimum absolute atomic E-state index is 0.0380. The Morgan fingerprint density at radius 1 is 1.43 bits per heavy atom. The molecule has 1 aromatic heterocycles. The first-order valence-corrected chi connectivity index (χ1v) is 7.72. The number of rotatable bonds is 5.